The molecule has 3 aliphatic rings. The lowest BCUT2D eigenvalue weighted by Gasteiger charge is -2.15. The zero-order chi connectivity index (χ0) is 8.56. The summed E-state index contributed by atoms with van der Waals surface area (Å²) in [6.07, 6.45) is 5.70. The van der Waals surface area contributed by atoms with E-state index in [2.05, 4.69) is 38.4 Å². The summed E-state index contributed by atoms with van der Waals surface area (Å²) in [5.74, 6) is 1.88. The van der Waals surface area contributed by atoms with Gasteiger partial charge in [-0.05, 0) is 43.1 Å². The van der Waals surface area contributed by atoms with Crippen molar-refractivity contribution in [2.75, 3.05) is 0 Å². The maximum Gasteiger partial charge on any atom is 0.112 e. The summed E-state index contributed by atoms with van der Waals surface area (Å²) in [6, 6.07) is 0. The molecule has 0 aliphatic heterocycles. The SMILES string of the molecule is C=C1C(Br)(Br)C1(C1CC1)C1CC1. The molecular formula is C10H12Br2. The molecule has 0 spiro atoms. The summed E-state index contributed by atoms with van der Waals surface area (Å²) >= 11 is 7.55. The molecule has 3 rings (SSSR count). The molecule has 0 unspecified atom stereocenters. The van der Waals surface area contributed by atoms with E-state index in [-0.39, 0.29) is 3.23 Å². The standard InChI is InChI=1S/C10H12Br2/c1-6-9(7-2-3-7,8-4-5-8)10(6,11)12/h7-8H,1-5H2. The zero-order valence-electron chi connectivity index (χ0n) is 6.95. The van der Waals surface area contributed by atoms with E-state index in [1.807, 2.05) is 0 Å². The largest absolute Gasteiger partial charge is 0.112 e. The Balaban J connectivity index is 1.99. The van der Waals surface area contributed by atoms with E-state index >= 15 is 0 Å². The Morgan fingerprint density at radius 1 is 1.08 bits per heavy atom. The Hall–Kier alpha value is 0.700. The Labute approximate surface area is 90.1 Å². The molecule has 2 heteroatoms. The maximum atomic E-state index is 4.20. The van der Waals surface area contributed by atoms with Crippen LogP contribution in [0.3, 0.4) is 0 Å². The van der Waals surface area contributed by atoms with E-state index < -0.39 is 0 Å². The van der Waals surface area contributed by atoms with Crippen molar-refractivity contribution in [2.45, 2.75) is 28.9 Å². The fourth-order valence-electron chi connectivity index (χ4n) is 2.86. The van der Waals surface area contributed by atoms with Crippen LogP contribution in [0.25, 0.3) is 0 Å². The Morgan fingerprint density at radius 2 is 1.42 bits per heavy atom. The van der Waals surface area contributed by atoms with Crippen molar-refractivity contribution in [3.8, 4) is 0 Å². The summed E-state index contributed by atoms with van der Waals surface area (Å²) in [7, 11) is 0. The molecule has 0 aromatic carbocycles. The minimum Gasteiger partial charge on any atom is -0.0969 e. The van der Waals surface area contributed by atoms with Gasteiger partial charge in [0, 0.05) is 5.41 Å². The van der Waals surface area contributed by atoms with Crippen LogP contribution in [0.15, 0.2) is 12.2 Å². The fraction of sp³-hybridized carbons (Fsp3) is 0.800. The number of halogens is 2. The molecule has 0 saturated heterocycles. The second kappa shape index (κ2) is 2.03. The van der Waals surface area contributed by atoms with Crippen LogP contribution >= 0.6 is 31.9 Å². The van der Waals surface area contributed by atoms with Crippen LogP contribution in [-0.4, -0.2) is 3.23 Å². The van der Waals surface area contributed by atoms with Gasteiger partial charge in [0.1, 0.15) is 3.23 Å². The van der Waals surface area contributed by atoms with E-state index in [0.29, 0.717) is 5.41 Å². The van der Waals surface area contributed by atoms with Crippen LogP contribution in [0.1, 0.15) is 25.7 Å². The minimum atomic E-state index is 0.120. The molecule has 0 aromatic rings. The Bertz CT molecular complexity index is 247. The van der Waals surface area contributed by atoms with Crippen LogP contribution in [0, 0.1) is 17.3 Å². The van der Waals surface area contributed by atoms with Crippen LogP contribution in [0.5, 0.6) is 0 Å². The normalized spacial score (nSPS) is 36.7. The molecule has 0 aromatic heterocycles. The second-order valence-corrected chi connectivity index (χ2v) is 7.91. The third-order valence-corrected chi connectivity index (χ3v) is 6.05. The highest BCUT2D eigenvalue weighted by Crippen LogP contribution is 2.84. The maximum absolute atomic E-state index is 4.20. The first-order valence-electron chi connectivity index (χ1n) is 4.69. The van der Waals surface area contributed by atoms with Crippen molar-refractivity contribution >= 4 is 31.9 Å². The molecular weight excluding hydrogens is 280 g/mol. The van der Waals surface area contributed by atoms with Gasteiger partial charge in [-0.2, -0.15) is 0 Å². The molecule has 0 nitrogen and oxygen atoms in total. The quantitative estimate of drug-likeness (QED) is 0.535. The fourth-order valence-corrected chi connectivity index (χ4v) is 5.09. The van der Waals surface area contributed by atoms with E-state index in [9.17, 15) is 0 Å². The molecule has 3 saturated carbocycles. The van der Waals surface area contributed by atoms with Crippen molar-refractivity contribution in [1.82, 2.24) is 0 Å². The predicted octanol–water partition coefficient (Wildman–Crippen LogP) is 3.85. The molecule has 0 bridgehead atoms. The highest BCUT2D eigenvalue weighted by molar-refractivity contribution is 9.25. The lowest BCUT2D eigenvalue weighted by Crippen LogP contribution is -2.14. The predicted molar refractivity (Wildman–Crippen MR) is 57.6 cm³/mol. The first kappa shape index (κ1) is 8.05. The van der Waals surface area contributed by atoms with E-state index in [1.165, 1.54) is 31.3 Å². The van der Waals surface area contributed by atoms with Crippen LogP contribution in [0.4, 0.5) is 0 Å². The van der Waals surface area contributed by atoms with Crippen molar-refractivity contribution in [3.63, 3.8) is 0 Å². The second-order valence-electron chi connectivity index (χ2n) is 4.47. The van der Waals surface area contributed by atoms with Gasteiger partial charge >= 0.3 is 0 Å². The summed E-state index contributed by atoms with van der Waals surface area (Å²) in [5.41, 5.74) is 1.88. The van der Waals surface area contributed by atoms with Crippen molar-refractivity contribution in [2.24, 2.45) is 17.3 Å². The number of rotatable bonds is 2. The van der Waals surface area contributed by atoms with E-state index in [0.717, 1.165) is 11.8 Å². The molecule has 66 valence electrons. The first-order chi connectivity index (χ1) is 5.62. The summed E-state index contributed by atoms with van der Waals surface area (Å²) < 4.78 is 0.120. The van der Waals surface area contributed by atoms with Crippen molar-refractivity contribution < 1.29 is 0 Å². The Morgan fingerprint density at radius 3 is 1.58 bits per heavy atom. The third-order valence-electron chi connectivity index (χ3n) is 3.78. The average molecular weight is 292 g/mol. The van der Waals surface area contributed by atoms with E-state index in [4.69, 9.17) is 0 Å². The van der Waals surface area contributed by atoms with Gasteiger partial charge in [0.15, 0.2) is 0 Å². The van der Waals surface area contributed by atoms with Crippen LogP contribution < -0.4 is 0 Å². The molecule has 3 aliphatic carbocycles. The molecule has 0 N–H and O–H groups in total. The highest BCUT2D eigenvalue weighted by atomic mass is 79.9. The smallest absolute Gasteiger partial charge is 0.0969 e. The highest BCUT2D eigenvalue weighted by Gasteiger charge is 2.78. The molecule has 0 heterocycles. The summed E-state index contributed by atoms with van der Waals surface area (Å²) in [4.78, 5) is 0. The van der Waals surface area contributed by atoms with Gasteiger partial charge in [-0.15, -0.1) is 0 Å². The average Bonchev–Trinajstić information content (AvgIpc) is 2.81. The zero-order valence-corrected chi connectivity index (χ0v) is 10.1. The van der Waals surface area contributed by atoms with Gasteiger partial charge < -0.3 is 0 Å². The van der Waals surface area contributed by atoms with Gasteiger partial charge in [0.25, 0.3) is 0 Å². The van der Waals surface area contributed by atoms with Gasteiger partial charge in [-0.1, -0.05) is 38.4 Å². The number of allylic oxidation sites excluding steroid dienone is 1. The molecule has 0 radical (unpaired) electrons. The van der Waals surface area contributed by atoms with E-state index in [1.54, 1.807) is 0 Å². The van der Waals surface area contributed by atoms with Gasteiger partial charge in [0.2, 0.25) is 0 Å². The molecule has 12 heavy (non-hydrogen) atoms. The number of hydrogen-bond donors (Lipinski definition) is 0. The lowest BCUT2D eigenvalue weighted by molar-refractivity contribution is 0.403. The topological polar surface area (TPSA) is 0 Å². The molecule has 3 fully saturated rings. The molecule has 0 amide bonds. The van der Waals surface area contributed by atoms with Crippen LogP contribution in [0.2, 0.25) is 0 Å². The third kappa shape index (κ3) is 0.708. The summed E-state index contributed by atoms with van der Waals surface area (Å²) in [6.45, 7) is 4.20. The summed E-state index contributed by atoms with van der Waals surface area (Å²) in [5, 5.41) is 0. The van der Waals surface area contributed by atoms with Gasteiger partial charge in [0.05, 0.1) is 0 Å². The van der Waals surface area contributed by atoms with Crippen molar-refractivity contribution in [1.29, 1.82) is 0 Å². The number of alkyl halides is 2. The van der Waals surface area contributed by atoms with Crippen LogP contribution in [-0.2, 0) is 0 Å². The first-order valence-corrected chi connectivity index (χ1v) is 6.28. The lowest BCUT2D eigenvalue weighted by atomic mass is 9.93. The molecule has 0 atom stereocenters. The number of hydrogen-bond acceptors (Lipinski definition) is 0. The van der Waals surface area contributed by atoms with Gasteiger partial charge in [-0.25, -0.2) is 0 Å². The monoisotopic (exact) mass is 290 g/mol. The van der Waals surface area contributed by atoms with Gasteiger partial charge in [-0.3, -0.25) is 0 Å². The minimum absolute atomic E-state index is 0.120. The Kier molecular flexibility index (Phi) is 1.36. The van der Waals surface area contributed by atoms with Crippen molar-refractivity contribution in [3.05, 3.63) is 12.2 Å².